The third-order valence-electron chi connectivity index (χ3n) is 15.3. The number of nitrogens with zero attached hydrogens (tertiary/aromatic N) is 10. The lowest BCUT2D eigenvalue weighted by Crippen LogP contribution is -2.37. The Morgan fingerprint density at radius 3 is 2.41 bits per heavy atom. The molecule has 3 saturated heterocycles. The molecule has 73 heavy (non-hydrogen) atoms. The van der Waals surface area contributed by atoms with Crippen molar-refractivity contribution in [2.75, 3.05) is 62.2 Å². The molecule has 4 aliphatic rings. The number of β-amino-alcohol motifs (C(OH)–C–C–N with tert-alkyl or cyclic N) is 1. The molecule has 0 bridgehead atoms. The number of nitrogens with one attached hydrogen (secondary N) is 2. The molecule has 4 N–H and O–H groups in total. The lowest BCUT2D eigenvalue weighted by molar-refractivity contribution is -0.133. The first-order valence-electron chi connectivity index (χ1n) is 25.9. The number of phenolic OH excluding ortho intramolecular Hbond substituents is 1. The van der Waals surface area contributed by atoms with Crippen LogP contribution in [0.2, 0.25) is 0 Å². The molecule has 0 saturated carbocycles. The van der Waals surface area contributed by atoms with Gasteiger partial charge in [0, 0.05) is 92.9 Å². The van der Waals surface area contributed by atoms with Crippen molar-refractivity contribution in [1.82, 2.24) is 50.4 Å². The van der Waals surface area contributed by atoms with Crippen LogP contribution in [0.4, 0.5) is 11.8 Å². The van der Waals surface area contributed by atoms with Gasteiger partial charge in [-0.25, -0.2) is 15.0 Å². The van der Waals surface area contributed by atoms with Gasteiger partial charge in [-0.1, -0.05) is 55.4 Å². The van der Waals surface area contributed by atoms with E-state index in [1.807, 2.05) is 75.1 Å². The Bertz CT molecular complexity index is 2960. The molecule has 0 radical (unpaired) electrons. The van der Waals surface area contributed by atoms with Crippen LogP contribution in [0.15, 0.2) is 83.1 Å². The lowest BCUT2D eigenvalue weighted by atomic mass is 9.90. The Morgan fingerprint density at radius 2 is 1.71 bits per heavy atom. The number of para-hydroxylation sites is 1. The Kier molecular flexibility index (Phi) is 15.4. The van der Waals surface area contributed by atoms with Gasteiger partial charge in [0.25, 0.3) is 0 Å². The number of aliphatic hydroxyl groups is 1. The van der Waals surface area contributed by atoms with Crippen LogP contribution in [-0.4, -0.2) is 126 Å². The van der Waals surface area contributed by atoms with Crippen LogP contribution in [-0.2, 0) is 29.1 Å². The van der Waals surface area contributed by atoms with Gasteiger partial charge in [0.1, 0.15) is 11.7 Å². The molecule has 0 spiro atoms. The molecule has 9 heterocycles. The van der Waals surface area contributed by atoms with Gasteiger partial charge in [0.05, 0.1) is 27.9 Å². The predicted molar refractivity (Wildman–Crippen MR) is 282 cm³/mol. The SMILES string of the molecule is CC(C)C(C(=O)N1CCC(O)C1)c1cc(N2CCC(CCN3CCC(c4cnc(N5CCc6[nH]c7nnc(-c8ccccc8O)cc7c6C5)nc4)CC3)CC2)no1.Cc1ncsc1-c1ccc(CNC=O)cc1. The average molecular weight is 1010 g/mol. The van der Waals surface area contributed by atoms with Crippen molar-refractivity contribution in [1.29, 1.82) is 0 Å². The second kappa shape index (κ2) is 22.6. The fourth-order valence-corrected chi connectivity index (χ4v) is 11.8. The molecule has 2 aromatic carbocycles. The van der Waals surface area contributed by atoms with Crippen molar-refractivity contribution in [2.45, 2.75) is 96.7 Å². The predicted octanol–water partition coefficient (Wildman–Crippen LogP) is 7.85. The second-order valence-corrected chi connectivity index (χ2v) is 21.3. The number of fused-ring (bicyclic) bond motifs is 3. The van der Waals surface area contributed by atoms with E-state index in [4.69, 9.17) is 14.5 Å². The fraction of sp³-hybridized carbons (Fsp3) is 0.455. The average Bonchev–Trinajstić information content (AvgIpc) is 4.26. The first-order chi connectivity index (χ1) is 35.6. The van der Waals surface area contributed by atoms with Gasteiger partial charge in [-0.15, -0.1) is 21.5 Å². The minimum Gasteiger partial charge on any atom is -0.507 e. The molecular weight excluding hydrogens is 941 g/mol. The summed E-state index contributed by atoms with van der Waals surface area (Å²) < 4.78 is 5.79. The van der Waals surface area contributed by atoms with Gasteiger partial charge in [0.2, 0.25) is 18.3 Å². The number of piperidine rings is 2. The summed E-state index contributed by atoms with van der Waals surface area (Å²) in [5, 5.41) is 37.2. The van der Waals surface area contributed by atoms with E-state index in [1.54, 1.807) is 28.4 Å². The number of aromatic amines is 1. The summed E-state index contributed by atoms with van der Waals surface area (Å²) in [6.45, 7) is 14.4. The number of likely N-dealkylation sites (tertiary alicyclic amines) is 2. The summed E-state index contributed by atoms with van der Waals surface area (Å²) in [5.74, 6) is 3.29. The van der Waals surface area contributed by atoms with Crippen LogP contribution in [0.5, 0.6) is 5.75 Å². The highest BCUT2D eigenvalue weighted by atomic mass is 32.1. The Balaban J connectivity index is 0.000000325. The summed E-state index contributed by atoms with van der Waals surface area (Å²) in [6, 6.07) is 19.4. The van der Waals surface area contributed by atoms with Gasteiger partial charge in [0.15, 0.2) is 17.2 Å². The highest BCUT2D eigenvalue weighted by molar-refractivity contribution is 7.13. The second-order valence-electron chi connectivity index (χ2n) is 20.4. The number of aryl methyl sites for hydroxylation is 1. The maximum atomic E-state index is 13.3. The molecule has 11 rings (SSSR count). The zero-order chi connectivity index (χ0) is 50.4. The van der Waals surface area contributed by atoms with Gasteiger partial charge in [-0.3, -0.25) is 9.59 Å². The smallest absolute Gasteiger partial charge is 0.233 e. The van der Waals surface area contributed by atoms with Crippen molar-refractivity contribution in [3.8, 4) is 27.4 Å². The molecule has 17 nitrogen and oxygen atoms in total. The Morgan fingerprint density at radius 1 is 0.932 bits per heavy atom. The third-order valence-corrected chi connectivity index (χ3v) is 16.3. The standard InChI is InChI=1S/C43H54N10O4.C12H12N2OS/c1-27(2)40(42(56)52-19-12-31(54)25-52)38-22-39(49-57-38)51-17-8-28(9-18-51)7-14-50-15-10-29(11-16-50)30-23-44-43(45-24-30)53-20-13-35-34(26-53)33-21-36(47-48-41(33)46-35)32-5-3-4-6-37(32)55;1-9-12(16-8-14-9)11-4-2-10(3-5-11)6-13-7-15/h3-6,21-24,27-29,31,40,54-55H,7-20,25-26H2,1-2H3,(H,46,48);2-5,7-8H,6H2,1H3,(H,13,15). The molecule has 18 heteroatoms. The zero-order valence-electron chi connectivity index (χ0n) is 42.0. The van der Waals surface area contributed by atoms with Crippen molar-refractivity contribution in [3.05, 3.63) is 112 Å². The molecule has 2 amide bonds. The number of benzene rings is 2. The number of carbonyl (C=O) groups is 2. The van der Waals surface area contributed by atoms with Crippen LogP contribution in [0.25, 0.3) is 32.7 Å². The number of carbonyl (C=O) groups excluding carboxylic acids is 2. The van der Waals surface area contributed by atoms with Crippen LogP contribution >= 0.6 is 11.3 Å². The monoisotopic (exact) mass is 1010 g/mol. The molecule has 2 atom stereocenters. The van der Waals surface area contributed by atoms with E-state index in [9.17, 15) is 19.8 Å². The normalized spacial score (nSPS) is 18.2. The number of phenols is 1. The largest absolute Gasteiger partial charge is 0.507 e. The number of aromatic hydroxyl groups is 1. The number of amides is 2. The van der Waals surface area contributed by atoms with E-state index < -0.39 is 6.10 Å². The van der Waals surface area contributed by atoms with Crippen molar-refractivity contribution < 1.29 is 24.3 Å². The number of H-pyrrole nitrogens is 1. The van der Waals surface area contributed by atoms with E-state index in [-0.39, 0.29) is 23.5 Å². The third kappa shape index (κ3) is 11.4. The number of aromatic nitrogens is 7. The highest BCUT2D eigenvalue weighted by Gasteiger charge is 2.36. The van der Waals surface area contributed by atoms with Crippen molar-refractivity contribution in [3.63, 3.8) is 0 Å². The van der Waals surface area contributed by atoms with Crippen LogP contribution in [0.3, 0.4) is 0 Å². The summed E-state index contributed by atoms with van der Waals surface area (Å²) in [5.41, 5.74) is 10.9. The number of thiazole rings is 1. The van der Waals surface area contributed by atoms with Crippen LogP contribution < -0.4 is 15.1 Å². The summed E-state index contributed by atoms with van der Waals surface area (Å²) in [4.78, 5) is 51.0. The van der Waals surface area contributed by atoms with E-state index in [2.05, 4.69) is 57.5 Å². The van der Waals surface area contributed by atoms with Gasteiger partial charge < -0.3 is 44.6 Å². The fourth-order valence-electron chi connectivity index (χ4n) is 11.0. The molecule has 0 aliphatic carbocycles. The quantitative estimate of drug-likeness (QED) is 0.0766. The Hall–Kier alpha value is -6.76. The first kappa shape index (κ1) is 49.8. The van der Waals surface area contributed by atoms with E-state index >= 15 is 0 Å². The molecular formula is C55H66N12O5S. The summed E-state index contributed by atoms with van der Waals surface area (Å²) in [7, 11) is 0. The number of hydrogen-bond donors (Lipinski definition) is 4. The van der Waals surface area contributed by atoms with Crippen LogP contribution in [0, 0.1) is 18.8 Å². The van der Waals surface area contributed by atoms with E-state index in [0.717, 1.165) is 105 Å². The minimum atomic E-state index is -0.436. The summed E-state index contributed by atoms with van der Waals surface area (Å²) >= 11 is 1.64. The maximum Gasteiger partial charge on any atom is 0.233 e. The van der Waals surface area contributed by atoms with Gasteiger partial charge >= 0.3 is 0 Å². The van der Waals surface area contributed by atoms with E-state index in [0.29, 0.717) is 67.9 Å². The molecule has 382 valence electrons. The zero-order valence-corrected chi connectivity index (χ0v) is 42.8. The number of aliphatic hydroxyl groups excluding tert-OH is 1. The summed E-state index contributed by atoms with van der Waals surface area (Å²) in [6.07, 6.45) is 11.6. The van der Waals surface area contributed by atoms with Crippen LogP contribution in [0.1, 0.15) is 98.0 Å². The van der Waals surface area contributed by atoms with Crippen molar-refractivity contribution in [2.24, 2.45) is 11.8 Å². The Labute approximate surface area is 430 Å². The van der Waals surface area contributed by atoms with Crippen molar-refractivity contribution >= 4 is 46.5 Å². The van der Waals surface area contributed by atoms with Gasteiger partial charge in [-0.05, 0) is 118 Å². The number of rotatable bonds is 14. The van der Waals surface area contributed by atoms with Gasteiger partial charge in [-0.2, -0.15) is 0 Å². The first-order valence-corrected chi connectivity index (χ1v) is 26.8. The number of anilines is 2. The lowest BCUT2D eigenvalue weighted by Gasteiger charge is -2.35. The minimum absolute atomic E-state index is 0.0240. The molecule has 2 unspecified atom stereocenters. The maximum absolute atomic E-state index is 13.3. The highest BCUT2D eigenvalue weighted by Crippen LogP contribution is 2.36. The molecule has 3 fully saturated rings. The molecule has 4 aliphatic heterocycles. The number of hydrogen-bond acceptors (Lipinski definition) is 15. The molecule has 5 aromatic heterocycles. The topological polar surface area (TPSA) is 206 Å². The molecule has 7 aromatic rings. The van der Waals surface area contributed by atoms with E-state index in [1.165, 1.54) is 33.7 Å².